The summed E-state index contributed by atoms with van der Waals surface area (Å²) in [6.45, 7) is 6.18. The predicted octanol–water partition coefficient (Wildman–Crippen LogP) is 3.36. The van der Waals surface area contributed by atoms with Crippen LogP contribution in [-0.2, 0) is 0 Å². The zero-order chi connectivity index (χ0) is 13.3. The quantitative estimate of drug-likeness (QED) is 0.483. The normalized spacial score (nSPS) is 11.5. The number of nitro benzene ring substituents is 1. The minimum absolute atomic E-state index is 0.0565. The van der Waals surface area contributed by atoms with Crippen LogP contribution in [0.5, 0.6) is 5.75 Å². The molecular weight excluding hydrogens is 248 g/mol. The molecule has 18 heavy (non-hydrogen) atoms. The summed E-state index contributed by atoms with van der Waals surface area (Å²) in [6.07, 6.45) is 1.61. The molecule has 0 saturated carbocycles. The van der Waals surface area contributed by atoms with E-state index in [1.807, 2.05) is 0 Å². The fourth-order valence-corrected chi connectivity index (χ4v) is 2.53. The monoisotopic (exact) mass is 262 g/mol. The van der Waals surface area contributed by atoms with Crippen molar-refractivity contribution in [1.29, 1.82) is 0 Å². The lowest BCUT2D eigenvalue weighted by atomic mass is 10.2. The van der Waals surface area contributed by atoms with Gasteiger partial charge in [0.2, 0.25) is 8.32 Å². The Hall–Kier alpha value is -1.95. The van der Waals surface area contributed by atoms with E-state index in [2.05, 4.69) is 24.6 Å². The van der Waals surface area contributed by atoms with Crippen LogP contribution in [-0.4, -0.2) is 18.2 Å². The molecule has 1 heterocycles. The second-order valence-corrected chi connectivity index (χ2v) is 9.38. The molecular formula is C12H14N2O3Si. The molecule has 6 heteroatoms. The molecule has 2 rings (SSSR count). The van der Waals surface area contributed by atoms with E-state index in [0.29, 0.717) is 16.7 Å². The van der Waals surface area contributed by atoms with Crippen LogP contribution < -0.4 is 4.43 Å². The molecule has 2 aromatic rings. The Morgan fingerprint density at radius 1 is 1.28 bits per heavy atom. The smallest absolute Gasteiger partial charge is 0.279 e. The van der Waals surface area contributed by atoms with Crippen LogP contribution in [0.15, 0.2) is 30.5 Å². The highest BCUT2D eigenvalue weighted by molar-refractivity contribution is 6.70. The maximum absolute atomic E-state index is 11.0. The topological polar surface area (TPSA) is 65.3 Å². The molecule has 0 aliphatic carbocycles. The number of benzene rings is 1. The molecule has 0 N–H and O–H groups in total. The zero-order valence-electron chi connectivity index (χ0n) is 10.5. The van der Waals surface area contributed by atoms with Crippen molar-refractivity contribution in [2.75, 3.05) is 0 Å². The van der Waals surface area contributed by atoms with Gasteiger partial charge < -0.3 is 4.43 Å². The second-order valence-electron chi connectivity index (χ2n) is 4.95. The van der Waals surface area contributed by atoms with Gasteiger partial charge in [0.25, 0.3) is 5.69 Å². The molecule has 0 saturated heterocycles. The molecule has 94 valence electrons. The molecule has 1 aromatic heterocycles. The van der Waals surface area contributed by atoms with Gasteiger partial charge >= 0.3 is 0 Å². The molecule has 0 unspecified atom stereocenters. The van der Waals surface area contributed by atoms with Gasteiger partial charge in [-0.15, -0.1) is 0 Å². The lowest BCUT2D eigenvalue weighted by molar-refractivity contribution is -0.383. The van der Waals surface area contributed by atoms with E-state index >= 15 is 0 Å². The Morgan fingerprint density at radius 2 is 2.00 bits per heavy atom. The third-order valence-electron chi connectivity index (χ3n) is 2.32. The molecule has 1 aromatic carbocycles. The van der Waals surface area contributed by atoms with Crippen LogP contribution in [0.4, 0.5) is 5.69 Å². The summed E-state index contributed by atoms with van der Waals surface area (Å²) < 4.78 is 5.90. The summed E-state index contributed by atoms with van der Waals surface area (Å²) in [4.78, 5) is 14.8. The van der Waals surface area contributed by atoms with E-state index in [4.69, 9.17) is 4.43 Å². The van der Waals surface area contributed by atoms with Gasteiger partial charge in [-0.25, -0.2) is 0 Å². The summed E-state index contributed by atoms with van der Waals surface area (Å²) in [5, 5.41) is 11.5. The van der Waals surface area contributed by atoms with Gasteiger partial charge in [0.05, 0.1) is 10.3 Å². The molecule has 0 fully saturated rings. The summed E-state index contributed by atoms with van der Waals surface area (Å²) >= 11 is 0. The highest BCUT2D eigenvalue weighted by Gasteiger charge is 2.21. The highest BCUT2D eigenvalue weighted by Crippen LogP contribution is 2.32. The summed E-state index contributed by atoms with van der Waals surface area (Å²) in [7, 11) is -1.77. The number of hydrogen-bond acceptors (Lipinski definition) is 4. The number of aromatic nitrogens is 1. The van der Waals surface area contributed by atoms with E-state index in [9.17, 15) is 10.1 Å². The van der Waals surface area contributed by atoms with Crippen LogP contribution in [0.25, 0.3) is 10.9 Å². The van der Waals surface area contributed by atoms with E-state index in [0.717, 1.165) is 0 Å². The predicted molar refractivity (Wildman–Crippen MR) is 72.4 cm³/mol. The van der Waals surface area contributed by atoms with Crippen LogP contribution in [0.1, 0.15) is 0 Å². The lowest BCUT2D eigenvalue weighted by Crippen LogP contribution is -2.29. The van der Waals surface area contributed by atoms with Crippen molar-refractivity contribution in [2.24, 2.45) is 0 Å². The summed E-state index contributed by atoms with van der Waals surface area (Å²) in [5.74, 6) is 0.621. The molecule has 0 bridgehead atoms. The number of rotatable bonds is 3. The first-order chi connectivity index (χ1) is 8.38. The van der Waals surface area contributed by atoms with Gasteiger partial charge in [-0.3, -0.25) is 15.1 Å². The molecule has 5 nitrogen and oxygen atoms in total. The van der Waals surface area contributed by atoms with Crippen LogP contribution in [0.3, 0.4) is 0 Å². The molecule has 0 amide bonds. The Labute approximate surface area is 106 Å². The largest absolute Gasteiger partial charge is 0.543 e. The number of nitrogens with zero attached hydrogens (tertiary/aromatic N) is 2. The third-order valence-corrected chi connectivity index (χ3v) is 3.15. The van der Waals surface area contributed by atoms with E-state index in [-0.39, 0.29) is 5.69 Å². The molecule has 0 aliphatic rings. The summed E-state index contributed by atoms with van der Waals surface area (Å²) in [6, 6.07) is 6.48. The molecule has 0 aliphatic heterocycles. The maximum atomic E-state index is 11.0. The van der Waals surface area contributed by atoms with Crippen LogP contribution >= 0.6 is 0 Å². The van der Waals surface area contributed by atoms with Crippen LogP contribution in [0.2, 0.25) is 19.6 Å². The number of nitro groups is 1. The first kappa shape index (κ1) is 12.5. The second kappa shape index (κ2) is 4.38. The first-order valence-electron chi connectivity index (χ1n) is 5.59. The molecule has 0 radical (unpaired) electrons. The van der Waals surface area contributed by atoms with Gasteiger partial charge in [0, 0.05) is 12.3 Å². The van der Waals surface area contributed by atoms with Crippen LogP contribution in [0, 0.1) is 10.1 Å². The number of hydrogen-bond donors (Lipinski definition) is 0. The Kier molecular flexibility index (Phi) is 3.04. The van der Waals surface area contributed by atoms with E-state index < -0.39 is 13.2 Å². The van der Waals surface area contributed by atoms with Crippen molar-refractivity contribution in [3.05, 3.63) is 40.6 Å². The number of non-ortho nitro benzene ring substituents is 1. The van der Waals surface area contributed by atoms with Gasteiger partial charge in [0.15, 0.2) is 0 Å². The van der Waals surface area contributed by atoms with Crippen molar-refractivity contribution >= 4 is 24.9 Å². The molecule has 0 atom stereocenters. The Morgan fingerprint density at radius 3 is 2.61 bits per heavy atom. The fraction of sp³-hybridized carbons (Fsp3) is 0.250. The van der Waals surface area contributed by atoms with Gasteiger partial charge in [0.1, 0.15) is 11.3 Å². The highest BCUT2D eigenvalue weighted by atomic mass is 28.4. The summed E-state index contributed by atoms with van der Waals surface area (Å²) in [5.41, 5.74) is 0.607. The Balaban J connectivity index is 2.65. The van der Waals surface area contributed by atoms with Gasteiger partial charge in [-0.1, -0.05) is 0 Å². The van der Waals surface area contributed by atoms with Crippen molar-refractivity contribution in [2.45, 2.75) is 19.6 Å². The fourth-order valence-electron chi connectivity index (χ4n) is 1.70. The third kappa shape index (κ3) is 2.48. The van der Waals surface area contributed by atoms with E-state index in [1.54, 1.807) is 24.4 Å². The van der Waals surface area contributed by atoms with Crippen molar-refractivity contribution in [1.82, 2.24) is 4.98 Å². The maximum Gasteiger partial charge on any atom is 0.279 e. The molecule has 0 spiro atoms. The van der Waals surface area contributed by atoms with Gasteiger partial charge in [-0.2, -0.15) is 0 Å². The SMILES string of the molecule is C[Si](C)(C)Oc1ccc([N+](=O)[O-])c2cccnc12. The van der Waals surface area contributed by atoms with Crippen molar-refractivity contribution in [3.63, 3.8) is 0 Å². The Bertz CT molecular complexity index is 608. The first-order valence-corrected chi connectivity index (χ1v) is 9.00. The average Bonchev–Trinajstić information content (AvgIpc) is 2.27. The lowest BCUT2D eigenvalue weighted by Gasteiger charge is -2.19. The number of pyridine rings is 1. The zero-order valence-corrected chi connectivity index (χ0v) is 11.5. The van der Waals surface area contributed by atoms with E-state index in [1.165, 1.54) is 6.07 Å². The number of fused-ring (bicyclic) bond motifs is 1. The van der Waals surface area contributed by atoms with Crippen molar-refractivity contribution < 1.29 is 9.35 Å². The average molecular weight is 262 g/mol. The van der Waals surface area contributed by atoms with Gasteiger partial charge in [-0.05, 0) is 37.8 Å². The minimum atomic E-state index is -1.77. The standard InChI is InChI=1S/C12H14N2O3Si/c1-18(2,3)17-11-7-6-10(14(15)16)9-5-4-8-13-12(9)11/h4-8H,1-3H3. The minimum Gasteiger partial charge on any atom is -0.543 e. The van der Waals surface area contributed by atoms with Crippen molar-refractivity contribution in [3.8, 4) is 5.75 Å².